The summed E-state index contributed by atoms with van der Waals surface area (Å²) in [5.41, 5.74) is 8.20. The van der Waals surface area contributed by atoms with Crippen LogP contribution in [-0.2, 0) is 33.7 Å². The predicted molar refractivity (Wildman–Crippen MR) is 288 cm³/mol. The van der Waals surface area contributed by atoms with E-state index in [1.807, 2.05) is 0 Å². The van der Waals surface area contributed by atoms with Gasteiger partial charge in [-0.25, -0.2) is 0 Å². The van der Waals surface area contributed by atoms with E-state index in [0.717, 1.165) is 22.4 Å². The normalized spacial score (nSPS) is 10.8. The number of benzene rings is 10. The van der Waals surface area contributed by atoms with Crippen molar-refractivity contribution in [3.8, 4) is 22.3 Å². The zero-order valence-corrected chi connectivity index (χ0v) is 42.1. The minimum atomic E-state index is -0.826. The van der Waals surface area contributed by atoms with Crippen LogP contribution in [0.1, 0.15) is 25.0 Å². The van der Waals surface area contributed by atoms with Gasteiger partial charge in [-0.2, -0.15) is 12.1 Å². The Morgan fingerprint density at radius 3 is 1.02 bits per heavy atom. The van der Waals surface area contributed by atoms with E-state index in [1.165, 1.54) is 108 Å². The number of aryl methyl sites for hydroxylation is 2. The first kappa shape index (κ1) is 45.3. The minimum absolute atomic E-state index is 0.777. The second-order valence-electron chi connectivity index (χ2n) is 16.4. The Hall–Kier alpha value is -5.86. The van der Waals surface area contributed by atoms with E-state index in [4.69, 9.17) is 17.0 Å². The van der Waals surface area contributed by atoms with Gasteiger partial charge in [0.05, 0.1) is 0 Å². The van der Waals surface area contributed by atoms with Gasteiger partial charge in [0, 0.05) is 0 Å². The Morgan fingerprint density at radius 1 is 0.364 bits per heavy atom. The molecule has 0 aromatic heterocycles. The summed E-state index contributed by atoms with van der Waals surface area (Å²) >= 11 is -0.826. The largest absolute Gasteiger partial charge is 0.121 e. The van der Waals surface area contributed by atoms with Gasteiger partial charge in [-0.05, 0) is 79.2 Å². The molecule has 0 unspecified atom stereocenters. The number of halogens is 2. The Kier molecular flexibility index (Phi) is 14.8. The second kappa shape index (κ2) is 21.6. The summed E-state index contributed by atoms with van der Waals surface area (Å²) in [6, 6.07) is 83.4. The van der Waals surface area contributed by atoms with Crippen LogP contribution in [0.15, 0.2) is 231 Å². The number of hydrogen-bond donors (Lipinski definition) is 0. The van der Waals surface area contributed by atoms with Gasteiger partial charge in [-0.15, -0.1) is 69.1 Å². The maximum Gasteiger partial charge on any atom is 0.121 e. The molecule has 0 nitrogen and oxygen atoms in total. The molecule has 0 N–H and O–H groups in total. The summed E-state index contributed by atoms with van der Waals surface area (Å²) in [6.07, 6.45) is 2.15. The van der Waals surface area contributed by atoms with Gasteiger partial charge in [0.25, 0.3) is 0 Å². The van der Waals surface area contributed by atoms with Gasteiger partial charge in [0.1, 0.15) is 9.52 Å². The third-order valence-electron chi connectivity index (χ3n) is 12.4. The molecule has 66 heavy (non-hydrogen) atoms. The summed E-state index contributed by atoms with van der Waals surface area (Å²) < 4.78 is 0. The van der Waals surface area contributed by atoms with Crippen LogP contribution < -0.4 is 10.4 Å². The van der Waals surface area contributed by atoms with Crippen molar-refractivity contribution in [3.05, 3.63) is 242 Å². The van der Waals surface area contributed by atoms with Crippen molar-refractivity contribution in [2.75, 3.05) is 0 Å². The van der Waals surface area contributed by atoms with Crippen molar-refractivity contribution >= 4 is 102 Å². The van der Waals surface area contributed by atoms with Crippen LogP contribution in [-0.4, -0.2) is 9.52 Å². The van der Waals surface area contributed by atoms with Crippen LogP contribution >= 0.6 is 17.0 Å². The van der Waals surface area contributed by atoms with Crippen LogP contribution in [0.5, 0.6) is 0 Å². The molecule has 0 spiro atoms. The molecular weight excluding hydrogens is 935 g/mol. The first-order valence-electron chi connectivity index (χ1n) is 22.6. The number of rotatable bonds is 6. The summed E-state index contributed by atoms with van der Waals surface area (Å²) in [7, 11) is 10.6. The first-order valence-corrected chi connectivity index (χ1v) is 29.9. The van der Waals surface area contributed by atoms with Crippen molar-refractivity contribution in [2.24, 2.45) is 0 Å². The Morgan fingerprint density at radius 2 is 0.682 bits per heavy atom. The Bertz CT molecular complexity index is 3190. The molecule has 0 aliphatic carbocycles. The molecule has 12 aromatic rings. The molecule has 0 amide bonds. The maximum absolute atomic E-state index is 4.93. The fraction of sp³-hybridized carbons (Fsp3) is 0.0645. The zero-order chi connectivity index (χ0) is 45.2. The van der Waals surface area contributed by atoms with Gasteiger partial charge in [0.2, 0.25) is 0 Å². The minimum Gasteiger partial charge on any atom is -0.0631 e. The van der Waals surface area contributed by atoms with E-state index in [2.05, 4.69) is 244 Å². The van der Waals surface area contributed by atoms with Crippen LogP contribution in [0.2, 0.25) is 0 Å². The molecule has 0 aliphatic rings. The molecule has 0 aliphatic heterocycles. The second-order valence-corrected chi connectivity index (χ2v) is 21.5. The molecule has 4 heteroatoms. The van der Waals surface area contributed by atoms with Crippen molar-refractivity contribution in [1.29, 1.82) is 0 Å². The van der Waals surface area contributed by atoms with Crippen LogP contribution in [0.4, 0.5) is 0 Å². The summed E-state index contributed by atoms with van der Waals surface area (Å²) in [4.78, 5) is 0. The smallest absolute Gasteiger partial charge is 0.0631 e. The topological polar surface area (TPSA) is 0 Å². The molecule has 12 rings (SSSR count). The Labute approximate surface area is 409 Å². The predicted octanol–water partition coefficient (Wildman–Crippen LogP) is 16.9. The van der Waals surface area contributed by atoms with Crippen molar-refractivity contribution in [2.45, 2.75) is 26.7 Å². The summed E-state index contributed by atoms with van der Waals surface area (Å²) in [6.45, 7) is 4.45. The average Bonchev–Trinajstić information content (AvgIpc) is 4.01. The van der Waals surface area contributed by atoms with Crippen LogP contribution in [0.3, 0.4) is 0 Å². The van der Waals surface area contributed by atoms with E-state index < -0.39 is 20.8 Å². The maximum atomic E-state index is 4.93. The monoisotopic (exact) mass is 980 g/mol. The summed E-state index contributed by atoms with van der Waals surface area (Å²) in [5.74, 6) is 0. The average molecular weight is 983 g/mol. The number of hydrogen-bond acceptors (Lipinski definition) is 0. The van der Waals surface area contributed by atoms with Gasteiger partial charge < -0.3 is 0 Å². The van der Waals surface area contributed by atoms with Crippen molar-refractivity contribution in [1.82, 2.24) is 0 Å². The molecule has 0 atom stereocenters. The fourth-order valence-electron chi connectivity index (χ4n) is 9.26. The fourth-order valence-corrected chi connectivity index (χ4v) is 10.3. The van der Waals surface area contributed by atoms with Crippen molar-refractivity contribution in [3.63, 3.8) is 0 Å². The van der Waals surface area contributed by atoms with Gasteiger partial charge >= 0.3 is 37.9 Å². The van der Waals surface area contributed by atoms with E-state index in [0.29, 0.717) is 0 Å². The van der Waals surface area contributed by atoms with Crippen LogP contribution in [0, 0.1) is 0 Å². The third kappa shape index (κ3) is 9.95. The number of fused-ring (bicyclic) bond motifs is 6. The van der Waals surface area contributed by atoms with E-state index in [1.54, 1.807) is 0 Å². The van der Waals surface area contributed by atoms with Gasteiger partial charge in [-0.1, -0.05) is 205 Å². The molecule has 2 radical (unpaired) electrons. The van der Waals surface area contributed by atoms with Crippen LogP contribution in [0.25, 0.3) is 86.9 Å². The van der Waals surface area contributed by atoms with Gasteiger partial charge in [-0.3, -0.25) is 0 Å². The molecule has 12 aromatic carbocycles. The van der Waals surface area contributed by atoms with Crippen molar-refractivity contribution < 1.29 is 20.8 Å². The first-order chi connectivity index (χ1) is 32.6. The zero-order valence-electron chi connectivity index (χ0n) is 37.1. The quantitative estimate of drug-likeness (QED) is 0.0885. The Balaban J connectivity index is 0.000000127. The molecule has 0 saturated heterocycles. The van der Waals surface area contributed by atoms with E-state index in [9.17, 15) is 0 Å². The van der Waals surface area contributed by atoms with Gasteiger partial charge in [0.15, 0.2) is 0 Å². The van der Waals surface area contributed by atoms with E-state index >= 15 is 0 Å². The molecule has 0 bridgehead atoms. The standard InChI is InChI=1S/2C25H19.C12H10Si.2ClH.Zr/c2*1-2-17-14-18-10-7-13-23(24(18)15-17)25-21-11-5-3-8-19(21)16-20-9-4-6-12-22(20)25;1-3-7-11(8-4-1)13-12-9-5-2-6-10-12;;;/h2*3-16H,2H2,1H3;1-10H;2*1H;/q2*-1;;;;+4/p-2. The molecule has 0 fully saturated rings. The molecular formula is C62H48Cl2SiZr. The summed E-state index contributed by atoms with van der Waals surface area (Å²) in [5, 5.41) is 18.7. The SMILES string of the molecule is CCc1cc2c(-c3c4ccccc4cc4ccccc34)cccc2[cH-]1.CCc1cc2c(-c3c4ccccc4cc4ccccc34)cccc2[cH-]1.[Cl][Zr+2][Cl].c1ccc([Si]c2ccccc2)cc1. The van der Waals surface area contributed by atoms with E-state index in [-0.39, 0.29) is 0 Å². The molecule has 318 valence electrons. The molecule has 0 heterocycles. The molecule has 0 saturated carbocycles. The third-order valence-corrected chi connectivity index (χ3v) is 13.6.